The first-order valence-electron chi connectivity index (χ1n) is 17.4. The second-order valence-electron chi connectivity index (χ2n) is 13.0. The summed E-state index contributed by atoms with van der Waals surface area (Å²) in [5.41, 5.74) is 4.23. The Kier molecular flexibility index (Phi) is 10.0. The van der Waals surface area contributed by atoms with Gasteiger partial charge in [-0.05, 0) is 53.1 Å². The van der Waals surface area contributed by atoms with Crippen LogP contribution in [0.25, 0.3) is 16.7 Å². The van der Waals surface area contributed by atoms with E-state index in [0.717, 1.165) is 23.7 Å². The average molecular weight is 697 g/mol. The van der Waals surface area contributed by atoms with Gasteiger partial charge in [0.2, 0.25) is 5.91 Å². The van der Waals surface area contributed by atoms with Crippen LogP contribution in [0.3, 0.4) is 0 Å². The third-order valence-electron chi connectivity index (χ3n) is 9.62. The number of alkyl halides is 2. The van der Waals surface area contributed by atoms with Crippen LogP contribution in [0.5, 0.6) is 0 Å². The summed E-state index contributed by atoms with van der Waals surface area (Å²) in [7, 11) is 0. The lowest BCUT2D eigenvalue weighted by Crippen LogP contribution is -2.48. The van der Waals surface area contributed by atoms with Crippen LogP contribution in [-0.2, 0) is 11.3 Å². The van der Waals surface area contributed by atoms with Crippen LogP contribution in [0.2, 0.25) is 0 Å². The van der Waals surface area contributed by atoms with E-state index in [9.17, 15) is 14.4 Å². The SMILES string of the molecule is O=C(Nc1ccc(C(=O)N2CCC(F)(F)/C(=C\C(=O)N3CCN(Cc4ccccc4)CC3)c3ccccc32)cc1)c1ccccc1-c1ccccc1. The van der Waals surface area contributed by atoms with E-state index < -0.39 is 24.2 Å². The lowest BCUT2D eigenvalue weighted by atomic mass is 9.96. The number of rotatable bonds is 7. The Morgan fingerprint density at radius 1 is 0.673 bits per heavy atom. The zero-order chi connectivity index (χ0) is 36.1. The van der Waals surface area contributed by atoms with Crippen molar-refractivity contribution in [2.75, 3.05) is 42.9 Å². The van der Waals surface area contributed by atoms with Crippen molar-refractivity contribution in [3.63, 3.8) is 0 Å². The highest BCUT2D eigenvalue weighted by Crippen LogP contribution is 2.43. The van der Waals surface area contributed by atoms with Gasteiger partial charge < -0.3 is 15.1 Å². The van der Waals surface area contributed by atoms with E-state index >= 15 is 8.78 Å². The molecule has 0 unspecified atom stereocenters. The molecule has 262 valence electrons. The highest BCUT2D eigenvalue weighted by atomic mass is 19.3. The molecule has 5 aromatic rings. The molecule has 2 aliphatic heterocycles. The van der Waals surface area contributed by atoms with E-state index in [4.69, 9.17) is 0 Å². The zero-order valence-electron chi connectivity index (χ0n) is 28.6. The molecule has 1 saturated heterocycles. The van der Waals surface area contributed by atoms with E-state index in [2.05, 4.69) is 22.3 Å². The van der Waals surface area contributed by atoms with Gasteiger partial charge in [0.1, 0.15) is 0 Å². The van der Waals surface area contributed by atoms with E-state index in [0.29, 0.717) is 43.1 Å². The number of hydrogen-bond acceptors (Lipinski definition) is 4. The van der Waals surface area contributed by atoms with E-state index in [-0.39, 0.29) is 29.2 Å². The normalized spacial score (nSPS) is 16.5. The summed E-state index contributed by atoms with van der Waals surface area (Å²) < 4.78 is 31.8. The molecule has 0 aromatic heterocycles. The number of amides is 3. The fourth-order valence-electron chi connectivity index (χ4n) is 6.82. The summed E-state index contributed by atoms with van der Waals surface area (Å²) in [4.78, 5) is 45.9. The zero-order valence-corrected chi connectivity index (χ0v) is 28.6. The molecule has 2 aliphatic rings. The summed E-state index contributed by atoms with van der Waals surface area (Å²) in [5.74, 6) is -4.57. The van der Waals surface area contributed by atoms with Crippen LogP contribution in [0.4, 0.5) is 20.2 Å². The van der Waals surface area contributed by atoms with Crippen LogP contribution in [0, 0.1) is 0 Å². The number of carbonyl (C=O) groups is 3. The van der Waals surface area contributed by atoms with Gasteiger partial charge in [0.05, 0.1) is 5.69 Å². The van der Waals surface area contributed by atoms with Gasteiger partial charge in [-0.1, -0.05) is 97.1 Å². The van der Waals surface area contributed by atoms with Crippen molar-refractivity contribution in [2.45, 2.75) is 18.9 Å². The van der Waals surface area contributed by atoms with Crippen LogP contribution in [0.1, 0.15) is 38.3 Å². The third-order valence-corrected chi connectivity index (χ3v) is 9.62. The number of nitrogens with zero attached hydrogens (tertiary/aromatic N) is 3. The average Bonchev–Trinajstić information content (AvgIpc) is 3.29. The van der Waals surface area contributed by atoms with Crippen LogP contribution in [0.15, 0.2) is 140 Å². The van der Waals surface area contributed by atoms with Crippen molar-refractivity contribution in [2.24, 2.45) is 0 Å². The third kappa shape index (κ3) is 7.55. The molecule has 0 spiro atoms. The van der Waals surface area contributed by atoms with Gasteiger partial charge >= 0.3 is 0 Å². The number of para-hydroxylation sites is 1. The van der Waals surface area contributed by atoms with Gasteiger partial charge in [-0.2, -0.15) is 0 Å². The Hall–Kier alpha value is -5.93. The molecule has 0 aliphatic carbocycles. The number of anilines is 2. The summed E-state index contributed by atoms with van der Waals surface area (Å²) in [5, 5.41) is 2.91. The molecule has 1 fully saturated rings. The van der Waals surface area contributed by atoms with Crippen molar-refractivity contribution < 1.29 is 23.2 Å². The molecule has 5 aromatic carbocycles. The molecule has 3 amide bonds. The summed E-state index contributed by atoms with van der Waals surface area (Å²) in [6, 6.07) is 39.9. The monoisotopic (exact) mass is 696 g/mol. The highest BCUT2D eigenvalue weighted by molar-refractivity contribution is 6.11. The molecule has 0 atom stereocenters. The minimum Gasteiger partial charge on any atom is -0.337 e. The highest BCUT2D eigenvalue weighted by Gasteiger charge is 2.42. The van der Waals surface area contributed by atoms with E-state index in [1.807, 2.05) is 60.7 Å². The van der Waals surface area contributed by atoms with Crippen molar-refractivity contribution in [1.29, 1.82) is 0 Å². The van der Waals surface area contributed by atoms with Crippen LogP contribution >= 0.6 is 0 Å². The van der Waals surface area contributed by atoms with Gasteiger partial charge in [0.15, 0.2) is 0 Å². The molecular weight excluding hydrogens is 658 g/mol. The Morgan fingerprint density at radius 3 is 2.00 bits per heavy atom. The van der Waals surface area contributed by atoms with Crippen LogP contribution < -0.4 is 10.2 Å². The van der Waals surface area contributed by atoms with Gasteiger partial charge in [-0.25, -0.2) is 8.78 Å². The maximum absolute atomic E-state index is 15.9. The molecular formula is C43H38F2N4O3. The van der Waals surface area contributed by atoms with E-state index in [1.165, 1.54) is 16.5 Å². The van der Waals surface area contributed by atoms with Gasteiger partial charge in [0.25, 0.3) is 17.7 Å². The molecule has 0 saturated carbocycles. The molecule has 52 heavy (non-hydrogen) atoms. The minimum atomic E-state index is -3.35. The number of benzene rings is 5. The lowest BCUT2D eigenvalue weighted by Gasteiger charge is -2.34. The Bertz CT molecular complexity index is 2090. The first-order valence-corrected chi connectivity index (χ1v) is 17.4. The number of halogens is 2. The molecule has 7 nitrogen and oxygen atoms in total. The van der Waals surface area contributed by atoms with Gasteiger partial charge in [-0.3, -0.25) is 19.3 Å². The molecule has 9 heteroatoms. The fraction of sp³-hybridized carbons (Fsp3) is 0.186. The molecule has 1 N–H and O–H groups in total. The number of carbonyl (C=O) groups excluding carboxylic acids is 3. The second kappa shape index (κ2) is 15.1. The number of piperazine rings is 1. The van der Waals surface area contributed by atoms with Gasteiger partial charge in [-0.15, -0.1) is 0 Å². The number of nitrogens with one attached hydrogen (secondary N) is 1. The van der Waals surface area contributed by atoms with Crippen LogP contribution in [-0.4, -0.2) is 66.2 Å². The predicted molar refractivity (Wildman–Crippen MR) is 200 cm³/mol. The molecule has 7 rings (SSSR count). The predicted octanol–water partition coefficient (Wildman–Crippen LogP) is 8.02. The fourth-order valence-corrected chi connectivity index (χ4v) is 6.82. The molecule has 0 bridgehead atoms. The maximum Gasteiger partial charge on any atom is 0.275 e. The summed E-state index contributed by atoms with van der Waals surface area (Å²) >= 11 is 0. The van der Waals surface area contributed by atoms with Crippen molar-refractivity contribution in [1.82, 2.24) is 9.80 Å². The smallest absolute Gasteiger partial charge is 0.275 e. The largest absolute Gasteiger partial charge is 0.337 e. The number of allylic oxidation sites excluding steroid dienone is 1. The first kappa shape index (κ1) is 34.5. The Morgan fingerprint density at radius 2 is 1.29 bits per heavy atom. The second-order valence-corrected chi connectivity index (χ2v) is 13.0. The molecule has 0 radical (unpaired) electrons. The molecule has 2 heterocycles. The van der Waals surface area contributed by atoms with E-state index in [1.54, 1.807) is 59.5 Å². The first-order chi connectivity index (χ1) is 25.3. The topological polar surface area (TPSA) is 73.0 Å². The summed E-state index contributed by atoms with van der Waals surface area (Å²) in [6.45, 7) is 2.67. The number of fused-ring (bicyclic) bond motifs is 1. The summed E-state index contributed by atoms with van der Waals surface area (Å²) in [6.07, 6.45) is 0.416. The maximum atomic E-state index is 15.9. The standard InChI is InChI=1S/C43H38F2N4O3/c44-43(45)23-24-49(42(52)33-19-21-34(22-20-33)46-41(51)36-16-8-7-15-35(36)32-13-5-2-6-14-32)39-18-10-9-17-37(39)38(43)29-40(50)48-27-25-47(26-28-48)30-31-11-3-1-4-12-31/h1-22,29H,23-28,30H2,(H,46,51)/b38-29-. The van der Waals surface area contributed by atoms with Gasteiger partial charge in [0, 0.05) is 79.7 Å². The van der Waals surface area contributed by atoms with Crippen molar-refractivity contribution in [3.05, 3.63) is 162 Å². The van der Waals surface area contributed by atoms with Crippen molar-refractivity contribution in [3.8, 4) is 11.1 Å². The van der Waals surface area contributed by atoms with Crippen molar-refractivity contribution >= 4 is 34.7 Å². The quantitative estimate of drug-likeness (QED) is 0.175. The lowest BCUT2D eigenvalue weighted by molar-refractivity contribution is -0.127. The Balaban J connectivity index is 1.06. The number of hydrogen-bond donors (Lipinski definition) is 1. The minimum absolute atomic E-state index is 0.148. The Labute approximate surface area is 301 Å².